The highest BCUT2D eigenvalue weighted by Gasteiger charge is 2.10. The molecule has 0 spiro atoms. The van der Waals surface area contributed by atoms with Crippen LogP contribution >= 0.6 is 11.3 Å². The summed E-state index contributed by atoms with van der Waals surface area (Å²) in [6, 6.07) is 7.83. The van der Waals surface area contributed by atoms with Crippen molar-refractivity contribution in [1.29, 1.82) is 0 Å². The lowest BCUT2D eigenvalue weighted by molar-refractivity contribution is 0.859. The summed E-state index contributed by atoms with van der Waals surface area (Å²) in [6.45, 7) is 0. The van der Waals surface area contributed by atoms with Gasteiger partial charge in [0.2, 0.25) is 0 Å². The lowest BCUT2D eigenvalue weighted by atomic mass is 10.0. The number of pyridine rings is 2. The predicted octanol–water partition coefficient (Wildman–Crippen LogP) is 2.74. The highest BCUT2D eigenvalue weighted by atomic mass is 32.1. The molecule has 4 heteroatoms. The van der Waals surface area contributed by atoms with Crippen molar-refractivity contribution in [2.75, 3.05) is 0 Å². The van der Waals surface area contributed by atoms with Crippen molar-refractivity contribution in [2.24, 2.45) is 5.73 Å². The summed E-state index contributed by atoms with van der Waals surface area (Å²) < 4.78 is 1.17. The second-order valence-corrected chi connectivity index (χ2v) is 4.78. The molecule has 3 aromatic rings. The molecule has 84 valence electrons. The summed E-state index contributed by atoms with van der Waals surface area (Å²) in [6.07, 6.45) is 5.38. The fraction of sp³-hybridized carbons (Fsp3) is 0.0769. The minimum atomic E-state index is -0.164. The van der Waals surface area contributed by atoms with Gasteiger partial charge >= 0.3 is 0 Å². The van der Waals surface area contributed by atoms with Crippen LogP contribution in [0.5, 0.6) is 0 Å². The summed E-state index contributed by atoms with van der Waals surface area (Å²) in [5.74, 6) is 0. The van der Waals surface area contributed by atoms with E-state index in [2.05, 4.69) is 16.0 Å². The Labute approximate surface area is 103 Å². The molecule has 3 heterocycles. The van der Waals surface area contributed by atoms with Gasteiger partial charge in [0.1, 0.15) is 0 Å². The van der Waals surface area contributed by atoms with E-state index in [0.29, 0.717) is 0 Å². The van der Waals surface area contributed by atoms with Crippen LogP contribution in [0, 0.1) is 0 Å². The maximum absolute atomic E-state index is 6.20. The van der Waals surface area contributed by atoms with Gasteiger partial charge in [-0.2, -0.15) is 0 Å². The maximum atomic E-state index is 6.20. The van der Waals surface area contributed by atoms with Crippen LogP contribution in [0.1, 0.15) is 17.2 Å². The molecule has 1 atom stereocenters. The molecule has 0 saturated carbocycles. The van der Waals surface area contributed by atoms with Crippen LogP contribution in [0.15, 0.2) is 48.2 Å². The minimum Gasteiger partial charge on any atom is -0.320 e. The van der Waals surface area contributed by atoms with Gasteiger partial charge in [0.15, 0.2) is 0 Å². The number of hydrogen-bond acceptors (Lipinski definition) is 4. The minimum absolute atomic E-state index is 0.164. The lowest BCUT2D eigenvalue weighted by Gasteiger charge is -2.11. The molecule has 3 aromatic heterocycles. The van der Waals surface area contributed by atoms with Gasteiger partial charge in [0, 0.05) is 18.6 Å². The first kappa shape index (κ1) is 10.4. The Morgan fingerprint density at radius 1 is 1.18 bits per heavy atom. The van der Waals surface area contributed by atoms with Gasteiger partial charge in [-0.05, 0) is 34.7 Å². The number of hydrogen-bond donors (Lipinski definition) is 1. The smallest absolute Gasteiger partial charge is 0.0809 e. The van der Waals surface area contributed by atoms with Crippen LogP contribution in [0.25, 0.3) is 10.2 Å². The average Bonchev–Trinajstić information content (AvgIpc) is 2.86. The summed E-state index contributed by atoms with van der Waals surface area (Å²) >= 11 is 1.68. The van der Waals surface area contributed by atoms with E-state index < -0.39 is 0 Å². The Bertz CT molecular complexity index is 633. The standard InChI is InChI=1S/C13H11N3S/c14-13(9-2-1-4-15-7-9)10-6-12-11(16-8-10)3-5-17-12/h1-8,13H,14H2. The van der Waals surface area contributed by atoms with E-state index >= 15 is 0 Å². The molecule has 0 aliphatic carbocycles. The number of rotatable bonds is 2. The second kappa shape index (κ2) is 4.24. The monoisotopic (exact) mass is 241 g/mol. The lowest BCUT2D eigenvalue weighted by Crippen LogP contribution is -2.12. The molecule has 0 fully saturated rings. The maximum Gasteiger partial charge on any atom is 0.0809 e. The van der Waals surface area contributed by atoms with Crippen molar-refractivity contribution in [3.8, 4) is 0 Å². The molecular formula is C13H11N3S. The van der Waals surface area contributed by atoms with E-state index in [-0.39, 0.29) is 6.04 Å². The number of aromatic nitrogens is 2. The van der Waals surface area contributed by atoms with Crippen LogP contribution < -0.4 is 5.73 Å². The molecule has 0 amide bonds. The van der Waals surface area contributed by atoms with Crippen LogP contribution in [0.3, 0.4) is 0 Å². The van der Waals surface area contributed by atoms with E-state index in [0.717, 1.165) is 16.6 Å². The highest BCUT2D eigenvalue weighted by Crippen LogP contribution is 2.24. The van der Waals surface area contributed by atoms with E-state index in [1.54, 1.807) is 23.7 Å². The molecule has 0 saturated heterocycles. The number of nitrogens with zero attached hydrogens (tertiary/aromatic N) is 2. The van der Waals surface area contributed by atoms with Gasteiger partial charge in [-0.3, -0.25) is 9.97 Å². The first-order valence-electron chi connectivity index (χ1n) is 5.33. The summed E-state index contributed by atoms with van der Waals surface area (Å²) in [5, 5.41) is 2.04. The van der Waals surface area contributed by atoms with E-state index in [1.807, 2.05) is 29.8 Å². The average molecular weight is 241 g/mol. The molecule has 1 unspecified atom stereocenters. The van der Waals surface area contributed by atoms with Gasteiger partial charge in [0.05, 0.1) is 16.3 Å². The normalized spacial score (nSPS) is 12.8. The number of thiophene rings is 1. The molecule has 0 radical (unpaired) electrons. The molecule has 0 aliphatic rings. The van der Waals surface area contributed by atoms with Gasteiger partial charge in [0.25, 0.3) is 0 Å². The van der Waals surface area contributed by atoms with Crippen molar-refractivity contribution < 1.29 is 0 Å². The van der Waals surface area contributed by atoms with Crippen LogP contribution in [-0.4, -0.2) is 9.97 Å². The third kappa shape index (κ3) is 1.92. The van der Waals surface area contributed by atoms with Crippen LogP contribution in [0.4, 0.5) is 0 Å². The Kier molecular flexibility index (Phi) is 2.59. The summed E-state index contributed by atoms with van der Waals surface area (Å²) in [4.78, 5) is 8.48. The summed E-state index contributed by atoms with van der Waals surface area (Å²) in [5.41, 5.74) is 9.25. The summed E-state index contributed by atoms with van der Waals surface area (Å²) in [7, 11) is 0. The van der Waals surface area contributed by atoms with Gasteiger partial charge in [-0.1, -0.05) is 6.07 Å². The van der Waals surface area contributed by atoms with Crippen LogP contribution in [0.2, 0.25) is 0 Å². The van der Waals surface area contributed by atoms with Crippen molar-refractivity contribution in [2.45, 2.75) is 6.04 Å². The van der Waals surface area contributed by atoms with Crippen molar-refractivity contribution >= 4 is 21.6 Å². The highest BCUT2D eigenvalue weighted by molar-refractivity contribution is 7.17. The van der Waals surface area contributed by atoms with E-state index in [4.69, 9.17) is 5.73 Å². The quantitative estimate of drug-likeness (QED) is 0.750. The van der Waals surface area contributed by atoms with Gasteiger partial charge in [-0.15, -0.1) is 11.3 Å². The molecule has 3 nitrogen and oxygen atoms in total. The zero-order valence-electron chi connectivity index (χ0n) is 9.08. The number of nitrogens with two attached hydrogens (primary N) is 1. The first-order chi connectivity index (χ1) is 8.34. The van der Waals surface area contributed by atoms with E-state index in [9.17, 15) is 0 Å². The Balaban J connectivity index is 2.03. The third-order valence-electron chi connectivity index (χ3n) is 2.73. The predicted molar refractivity (Wildman–Crippen MR) is 69.9 cm³/mol. The fourth-order valence-corrected chi connectivity index (χ4v) is 2.57. The third-order valence-corrected chi connectivity index (χ3v) is 3.58. The Morgan fingerprint density at radius 3 is 2.94 bits per heavy atom. The number of fused-ring (bicyclic) bond motifs is 1. The molecule has 0 aliphatic heterocycles. The SMILES string of the molecule is NC(c1cccnc1)c1cnc2ccsc2c1. The zero-order valence-corrected chi connectivity index (χ0v) is 9.89. The van der Waals surface area contributed by atoms with Gasteiger partial charge in [-0.25, -0.2) is 0 Å². The molecule has 2 N–H and O–H groups in total. The Morgan fingerprint density at radius 2 is 2.12 bits per heavy atom. The topological polar surface area (TPSA) is 51.8 Å². The molecule has 0 bridgehead atoms. The zero-order chi connectivity index (χ0) is 11.7. The van der Waals surface area contributed by atoms with Crippen molar-refractivity contribution in [1.82, 2.24) is 9.97 Å². The van der Waals surface area contributed by atoms with Crippen molar-refractivity contribution in [3.05, 3.63) is 59.4 Å². The molecule has 0 aromatic carbocycles. The molecular weight excluding hydrogens is 230 g/mol. The largest absolute Gasteiger partial charge is 0.320 e. The Hall–Kier alpha value is -1.78. The van der Waals surface area contributed by atoms with Crippen LogP contribution in [-0.2, 0) is 0 Å². The fourth-order valence-electron chi connectivity index (χ4n) is 1.78. The van der Waals surface area contributed by atoms with Crippen molar-refractivity contribution in [3.63, 3.8) is 0 Å². The first-order valence-corrected chi connectivity index (χ1v) is 6.21. The van der Waals surface area contributed by atoms with Gasteiger partial charge < -0.3 is 5.73 Å². The molecule has 17 heavy (non-hydrogen) atoms. The molecule has 3 rings (SSSR count). The van der Waals surface area contributed by atoms with E-state index in [1.165, 1.54) is 4.70 Å². The second-order valence-electron chi connectivity index (χ2n) is 3.84.